The molecule has 18 heavy (non-hydrogen) atoms. The normalized spacial score (nSPS) is 21.3. The molecule has 1 atom stereocenters. The van der Waals surface area contributed by atoms with Gasteiger partial charge in [0.2, 0.25) is 0 Å². The van der Waals surface area contributed by atoms with Gasteiger partial charge in [0, 0.05) is 12.1 Å². The third-order valence-electron chi connectivity index (χ3n) is 3.66. The fourth-order valence-electron chi connectivity index (χ4n) is 2.66. The Hall–Kier alpha value is -1.69. The summed E-state index contributed by atoms with van der Waals surface area (Å²) < 4.78 is 5.34. The van der Waals surface area contributed by atoms with E-state index >= 15 is 0 Å². The third kappa shape index (κ3) is 2.76. The average Bonchev–Trinajstić information content (AvgIpc) is 2.69. The van der Waals surface area contributed by atoms with Crippen LogP contribution in [0.15, 0.2) is 18.2 Å². The molecule has 0 bridgehead atoms. The monoisotopic (exact) mass is 244 g/mol. The number of benzene rings is 1. The molecule has 0 aliphatic heterocycles. The Kier molecular flexibility index (Phi) is 3.47. The van der Waals surface area contributed by atoms with E-state index in [0.717, 1.165) is 11.4 Å². The summed E-state index contributed by atoms with van der Waals surface area (Å²) in [5.41, 5.74) is 2.04. The van der Waals surface area contributed by atoms with Crippen molar-refractivity contribution < 1.29 is 4.74 Å². The average molecular weight is 244 g/mol. The Bertz CT molecular complexity index is 474. The molecule has 0 radical (unpaired) electrons. The Morgan fingerprint density at radius 1 is 1.44 bits per heavy atom. The van der Waals surface area contributed by atoms with Crippen LogP contribution in [0.2, 0.25) is 0 Å². The van der Waals surface area contributed by atoms with E-state index in [1.807, 2.05) is 12.1 Å². The summed E-state index contributed by atoms with van der Waals surface area (Å²) in [6.07, 6.45) is 3.62. The van der Waals surface area contributed by atoms with Gasteiger partial charge in [-0.1, -0.05) is 13.8 Å². The van der Waals surface area contributed by atoms with Gasteiger partial charge >= 0.3 is 0 Å². The Labute approximate surface area is 109 Å². The van der Waals surface area contributed by atoms with Crippen molar-refractivity contribution in [3.8, 4) is 11.8 Å². The minimum absolute atomic E-state index is 0.428. The molecular formula is C15H20N2O. The van der Waals surface area contributed by atoms with Crippen LogP contribution in [-0.4, -0.2) is 13.2 Å². The van der Waals surface area contributed by atoms with Crippen LogP contribution in [-0.2, 0) is 0 Å². The Morgan fingerprint density at radius 2 is 2.22 bits per heavy atom. The van der Waals surface area contributed by atoms with E-state index in [1.165, 1.54) is 19.3 Å². The Balaban J connectivity index is 2.13. The minimum atomic E-state index is 0.428. The molecule has 3 heteroatoms. The smallest absolute Gasteiger partial charge is 0.143 e. The molecule has 0 heterocycles. The summed E-state index contributed by atoms with van der Waals surface area (Å²) in [6.45, 7) is 4.62. The summed E-state index contributed by atoms with van der Waals surface area (Å²) in [5.74, 6) is 0.749. The summed E-state index contributed by atoms with van der Waals surface area (Å²) >= 11 is 0. The van der Waals surface area contributed by atoms with Gasteiger partial charge in [-0.3, -0.25) is 0 Å². The summed E-state index contributed by atoms with van der Waals surface area (Å²) in [4.78, 5) is 0. The van der Waals surface area contributed by atoms with Crippen molar-refractivity contribution in [3.05, 3.63) is 23.8 Å². The van der Waals surface area contributed by atoms with Gasteiger partial charge in [0.15, 0.2) is 0 Å². The maximum atomic E-state index is 8.88. The highest BCUT2D eigenvalue weighted by molar-refractivity contribution is 5.60. The number of methoxy groups -OCH3 is 1. The number of anilines is 1. The second kappa shape index (κ2) is 4.89. The standard InChI is InChI=1S/C15H20N2O/c1-15(2)7-6-12(9-15)17-13-5-4-11(10-16)8-14(13)18-3/h4-5,8,12,17H,6-7,9H2,1-3H3. The van der Waals surface area contributed by atoms with E-state index in [9.17, 15) is 0 Å². The lowest BCUT2D eigenvalue weighted by molar-refractivity contribution is 0.378. The molecule has 1 N–H and O–H groups in total. The molecule has 1 fully saturated rings. The largest absolute Gasteiger partial charge is 0.495 e. The SMILES string of the molecule is COc1cc(C#N)ccc1NC1CCC(C)(C)C1. The van der Waals surface area contributed by atoms with Gasteiger partial charge < -0.3 is 10.1 Å². The maximum absolute atomic E-state index is 8.88. The molecule has 0 aromatic heterocycles. The van der Waals surface area contributed by atoms with E-state index < -0.39 is 0 Å². The number of nitrogens with zero attached hydrogens (tertiary/aromatic N) is 1. The number of hydrogen-bond acceptors (Lipinski definition) is 3. The van der Waals surface area contributed by atoms with Gasteiger partial charge in [-0.05, 0) is 36.8 Å². The number of rotatable bonds is 3. The summed E-state index contributed by atoms with van der Waals surface area (Å²) in [5, 5.41) is 12.4. The van der Waals surface area contributed by atoms with Crippen molar-refractivity contribution in [1.29, 1.82) is 5.26 Å². The third-order valence-corrected chi connectivity index (χ3v) is 3.66. The van der Waals surface area contributed by atoms with E-state index in [1.54, 1.807) is 13.2 Å². The zero-order valence-corrected chi connectivity index (χ0v) is 11.3. The van der Waals surface area contributed by atoms with E-state index in [0.29, 0.717) is 17.0 Å². The zero-order chi connectivity index (χ0) is 13.2. The van der Waals surface area contributed by atoms with E-state index in [2.05, 4.69) is 25.2 Å². The lowest BCUT2D eigenvalue weighted by atomic mass is 9.92. The van der Waals surface area contributed by atoms with E-state index in [4.69, 9.17) is 10.00 Å². The molecule has 1 aliphatic carbocycles. The number of hydrogen-bond donors (Lipinski definition) is 1. The molecule has 0 saturated heterocycles. The lowest BCUT2D eigenvalue weighted by Gasteiger charge is -2.20. The van der Waals surface area contributed by atoms with Crippen molar-refractivity contribution >= 4 is 5.69 Å². The van der Waals surface area contributed by atoms with E-state index in [-0.39, 0.29) is 0 Å². The van der Waals surface area contributed by atoms with Crippen LogP contribution in [0, 0.1) is 16.7 Å². The topological polar surface area (TPSA) is 45.0 Å². The molecule has 2 rings (SSSR count). The number of nitrogens with one attached hydrogen (secondary N) is 1. The van der Waals surface area contributed by atoms with Crippen LogP contribution >= 0.6 is 0 Å². The fraction of sp³-hybridized carbons (Fsp3) is 0.533. The van der Waals surface area contributed by atoms with Crippen molar-refractivity contribution in [2.24, 2.45) is 5.41 Å². The first-order chi connectivity index (χ1) is 8.54. The van der Waals surface area contributed by atoms with Crippen LogP contribution in [0.5, 0.6) is 5.75 Å². The van der Waals surface area contributed by atoms with Gasteiger partial charge in [-0.25, -0.2) is 0 Å². The molecule has 3 nitrogen and oxygen atoms in total. The molecule has 1 unspecified atom stereocenters. The second-order valence-corrected chi connectivity index (χ2v) is 5.78. The van der Waals surface area contributed by atoms with Crippen LogP contribution in [0.3, 0.4) is 0 Å². The predicted molar refractivity (Wildman–Crippen MR) is 72.8 cm³/mol. The van der Waals surface area contributed by atoms with Gasteiger partial charge in [0.25, 0.3) is 0 Å². The maximum Gasteiger partial charge on any atom is 0.143 e. The van der Waals surface area contributed by atoms with Crippen molar-refractivity contribution in [2.45, 2.75) is 39.2 Å². The predicted octanol–water partition coefficient (Wildman–Crippen LogP) is 3.56. The van der Waals surface area contributed by atoms with Crippen LogP contribution < -0.4 is 10.1 Å². The summed E-state index contributed by atoms with van der Waals surface area (Å²) in [6, 6.07) is 8.17. The second-order valence-electron chi connectivity index (χ2n) is 5.78. The van der Waals surface area contributed by atoms with Crippen LogP contribution in [0.25, 0.3) is 0 Å². The molecule has 1 aromatic rings. The zero-order valence-electron chi connectivity index (χ0n) is 11.3. The van der Waals surface area contributed by atoms with Gasteiger partial charge in [-0.15, -0.1) is 0 Å². The molecular weight excluding hydrogens is 224 g/mol. The first-order valence-corrected chi connectivity index (χ1v) is 6.39. The highest BCUT2D eigenvalue weighted by atomic mass is 16.5. The van der Waals surface area contributed by atoms with Crippen molar-refractivity contribution in [3.63, 3.8) is 0 Å². The number of nitriles is 1. The quantitative estimate of drug-likeness (QED) is 0.884. The van der Waals surface area contributed by atoms with Crippen molar-refractivity contribution in [1.82, 2.24) is 0 Å². The minimum Gasteiger partial charge on any atom is -0.495 e. The molecule has 0 spiro atoms. The molecule has 1 aromatic carbocycles. The first-order valence-electron chi connectivity index (χ1n) is 6.39. The van der Waals surface area contributed by atoms with Gasteiger partial charge in [0.05, 0.1) is 24.4 Å². The first kappa shape index (κ1) is 12.8. The van der Waals surface area contributed by atoms with Gasteiger partial charge in [0.1, 0.15) is 5.75 Å². The molecule has 1 aliphatic rings. The molecule has 1 saturated carbocycles. The molecule has 96 valence electrons. The number of ether oxygens (including phenoxy) is 1. The van der Waals surface area contributed by atoms with Crippen LogP contribution in [0.4, 0.5) is 5.69 Å². The highest BCUT2D eigenvalue weighted by Gasteiger charge is 2.31. The fourth-order valence-corrected chi connectivity index (χ4v) is 2.66. The van der Waals surface area contributed by atoms with Crippen molar-refractivity contribution in [2.75, 3.05) is 12.4 Å². The molecule has 0 amide bonds. The van der Waals surface area contributed by atoms with Gasteiger partial charge in [-0.2, -0.15) is 5.26 Å². The highest BCUT2D eigenvalue weighted by Crippen LogP contribution is 2.39. The van der Waals surface area contributed by atoms with Crippen LogP contribution in [0.1, 0.15) is 38.7 Å². The lowest BCUT2D eigenvalue weighted by Crippen LogP contribution is -2.18. The Morgan fingerprint density at radius 3 is 2.78 bits per heavy atom. The summed E-state index contributed by atoms with van der Waals surface area (Å²) in [7, 11) is 1.64.